The second-order valence-electron chi connectivity index (χ2n) is 5.77. The van der Waals surface area contributed by atoms with Gasteiger partial charge in [0.2, 0.25) is 0 Å². The van der Waals surface area contributed by atoms with Crippen molar-refractivity contribution < 1.29 is 9.59 Å². The predicted molar refractivity (Wildman–Crippen MR) is 94.6 cm³/mol. The number of likely N-dealkylation sites (tertiary alicyclic amines) is 1. The number of carbonyl (C=O) groups excluding carboxylic acids is 2. The van der Waals surface area contributed by atoms with Gasteiger partial charge in [-0.3, -0.25) is 9.59 Å². The SMILES string of the molecule is CN(C)c1ccc(NC(=O)C(Cl)Cl)cc1C(=O)N1CCCCC1. The van der Waals surface area contributed by atoms with Gasteiger partial charge in [0.05, 0.1) is 5.56 Å². The van der Waals surface area contributed by atoms with Crippen LogP contribution in [0.5, 0.6) is 0 Å². The highest BCUT2D eigenvalue weighted by Crippen LogP contribution is 2.26. The standard InChI is InChI=1S/C16H21Cl2N3O2/c1-20(2)13-7-6-11(19-15(22)14(17)18)10-12(13)16(23)21-8-4-3-5-9-21/h6-7,10,14H,3-5,8-9H2,1-2H3,(H,19,22). The average molecular weight is 358 g/mol. The lowest BCUT2D eigenvalue weighted by Gasteiger charge is -2.28. The molecule has 1 fully saturated rings. The first-order valence-corrected chi connectivity index (χ1v) is 8.47. The molecule has 0 bridgehead atoms. The molecule has 0 aliphatic carbocycles. The molecule has 0 radical (unpaired) electrons. The van der Waals surface area contributed by atoms with E-state index in [2.05, 4.69) is 5.32 Å². The Morgan fingerprint density at radius 3 is 2.39 bits per heavy atom. The topological polar surface area (TPSA) is 52.7 Å². The zero-order valence-electron chi connectivity index (χ0n) is 13.3. The fraction of sp³-hybridized carbons (Fsp3) is 0.500. The summed E-state index contributed by atoms with van der Waals surface area (Å²) < 4.78 is 0. The number of piperidine rings is 1. The Morgan fingerprint density at radius 1 is 1.17 bits per heavy atom. The van der Waals surface area contributed by atoms with E-state index in [1.165, 1.54) is 0 Å². The highest BCUT2D eigenvalue weighted by atomic mass is 35.5. The van der Waals surface area contributed by atoms with Crippen LogP contribution in [-0.2, 0) is 4.79 Å². The summed E-state index contributed by atoms with van der Waals surface area (Å²) >= 11 is 11.1. The second kappa shape index (κ2) is 7.88. The number of carbonyl (C=O) groups is 2. The lowest BCUT2D eigenvalue weighted by Crippen LogP contribution is -2.36. The molecule has 0 aromatic heterocycles. The van der Waals surface area contributed by atoms with Gasteiger partial charge in [-0.1, -0.05) is 23.2 Å². The summed E-state index contributed by atoms with van der Waals surface area (Å²) in [4.78, 5) is 27.1. The van der Waals surface area contributed by atoms with E-state index >= 15 is 0 Å². The van der Waals surface area contributed by atoms with Crippen molar-refractivity contribution in [2.45, 2.75) is 24.1 Å². The molecular weight excluding hydrogens is 337 g/mol. The molecule has 23 heavy (non-hydrogen) atoms. The number of rotatable bonds is 4. The molecule has 7 heteroatoms. The smallest absolute Gasteiger partial charge is 0.257 e. The van der Waals surface area contributed by atoms with Crippen LogP contribution in [0.2, 0.25) is 0 Å². The fourth-order valence-electron chi connectivity index (χ4n) is 2.64. The maximum absolute atomic E-state index is 12.8. The summed E-state index contributed by atoms with van der Waals surface area (Å²) in [5.41, 5.74) is 1.88. The second-order valence-corrected chi connectivity index (χ2v) is 6.87. The summed E-state index contributed by atoms with van der Waals surface area (Å²) in [6.07, 6.45) is 3.21. The first-order valence-electron chi connectivity index (χ1n) is 7.60. The van der Waals surface area contributed by atoms with Crippen molar-refractivity contribution >= 4 is 46.4 Å². The van der Waals surface area contributed by atoms with Crippen LogP contribution in [0, 0.1) is 0 Å². The Hall–Kier alpha value is -1.46. The minimum absolute atomic E-state index is 0.0159. The molecule has 0 atom stereocenters. The first kappa shape index (κ1) is 17.9. The van der Waals surface area contributed by atoms with Crippen LogP contribution in [0.3, 0.4) is 0 Å². The Labute approximate surface area is 146 Å². The van der Waals surface area contributed by atoms with E-state index in [1.54, 1.807) is 12.1 Å². The molecule has 0 unspecified atom stereocenters. The Kier molecular flexibility index (Phi) is 6.13. The van der Waals surface area contributed by atoms with Gasteiger partial charge < -0.3 is 15.1 Å². The zero-order valence-corrected chi connectivity index (χ0v) is 14.8. The lowest BCUT2D eigenvalue weighted by atomic mass is 10.1. The number of nitrogens with one attached hydrogen (secondary N) is 1. The highest BCUT2D eigenvalue weighted by Gasteiger charge is 2.22. The van der Waals surface area contributed by atoms with Gasteiger partial charge in [-0.25, -0.2) is 0 Å². The molecule has 2 amide bonds. The monoisotopic (exact) mass is 357 g/mol. The van der Waals surface area contributed by atoms with Crippen LogP contribution in [0.4, 0.5) is 11.4 Å². The van der Waals surface area contributed by atoms with Crippen molar-refractivity contribution in [3.63, 3.8) is 0 Å². The van der Waals surface area contributed by atoms with Gasteiger partial charge in [-0.15, -0.1) is 0 Å². The van der Waals surface area contributed by atoms with E-state index in [0.717, 1.165) is 38.0 Å². The van der Waals surface area contributed by atoms with Crippen molar-refractivity contribution in [1.29, 1.82) is 0 Å². The Morgan fingerprint density at radius 2 is 1.83 bits per heavy atom. The largest absolute Gasteiger partial charge is 0.377 e. The minimum atomic E-state index is -1.15. The van der Waals surface area contributed by atoms with Gasteiger partial charge in [0.15, 0.2) is 4.84 Å². The van der Waals surface area contributed by atoms with Crippen LogP contribution in [-0.4, -0.2) is 48.7 Å². The van der Waals surface area contributed by atoms with Crippen LogP contribution >= 0.6 is 23.2 Å². The molecule has 1 aromatic carbocycles. The Bertz CT molecular complexity index is 585. The molecule has 0 spiro atoms. The van der Waals surface area contributed by atoms with E-state index in [-0.39, 0.29) is 5.91 Å². The summed E-state index contributed by atoms with van der Waals surface area (Å²) in [5.74, 6) is -0.528. The van der Waals surface area contributed by atoms with Crippen LogP contribution < -0.4 is 10.2 Å². The van der Waals surface area contributed by atoms with E-state index in [9.17, 15) is 9.59 Å². The van der Waals surface area contributed by atoms with Crippen LogP contribution in [0.25, 0.3) is 0 Å². The predicted octanol–water partition coefficient (Wildman–Crippen LogP) is 3.12. The molecule has 0 saturated carbocycles. The van der Waals surface area contributed by atoms with E-state index in [1.807, 2.05) is 30.0 Å². The molecule has 126 valence electrons. The highest BCUT2D eigenvalue weighted by molar-refractivity contribution is 6.54. The van der Waals surface area contributed by atoms with Crippen molar-refractivity contribution in [1.82, 2.24) is 4.90 Å². The fourth-order valence-corrected chi connectivity index (χ4v) is 2.75. The third-order valence-corrected chi connectivity index (χ3v) is 4.21. The lowest BCUT2D eigenvalue weighted by molar-refractivity contribution is -0.114. The van der Waals surface area contributed by atoms with Gasteiger partial charge in [-0.05, 0) is 37.5 Å². The summed E-state index contributed by atoms with van der Waals surface area (Å²) in [7, 11) is 3.77. The van der Waals surface area contributed by atoms with Gasteiger partial charge in [0, 0.05) is 38.6 Å². The van der Waals surface area contributed by atoms with E-state index in [0.29, 0.717) is 11.3 Å². The molecule has 2 rings (SSSR count). The van der Waals surface area contributed by atoms with Crippen molar-refractivity contribution in [2.75, 3.05) is 37.4 Å². The molecule has 1 aromatic rings. The van der Waals surface area contributed by atoms with Crippen molar-refractivity contribution in [3.05, 3.63) is 23.8 Å². The van der Waals surface area contributed by atoms with Gasteiger partial charge in [-0.2, -0.15) is 0 Å². The average Bonchev–Trinajstić information content (AvgIpc) is 2.54. The number of halogens is 2. The van der Waals surface area contributed by atoms with Gasteiger partial charge in [0.1, 0.15) is 0 Å². The maximum atomic E-state index is 12.8. The number of hydrogen-bond donors (Lipinski definition) is 1. The third kappa shape index (κ3) is 4.52. The van der Waals surface area contributed by atoms with Crippen molar-refractivity contribution in [3.8, 4) is 0 Å². The quantitative estimate of drug-likeness (QED) is 0.842. The number of anilines is 2. The molecule has 1 N–H and O–H groups in total. The normalized spacial score (nSPS) is 14.7. The molecule has 1 heterocycles. The summed E-state index contributed by atoms with van der Waals surface area (Å²) in [6.45, 7) is 1.54. The molecule has 5 nitrogen and oxygen atoms in total. The van der Waals surface area contributed by atoms with E-state index < -0.39 is 10.7 Å². The maximum Gasteiger partial charge on any atom is 0.257 e. The Balaban J connectivity index is 2.30. The number of nitrogens with zero attached hydrogens (tertiary/aromatic N) is 2. The first-order chi connectivity index (χ1) is 10.9. The number of alkyl halides is 2. The van der Waals surface area contributed by atoms with Crippen LogP contribution in [0.15, 0.2) is 18.2 Å². The molecular formula is C16H21Cl2N3O2. The number of benzene rings is 1. The summed E-state index contributed by atoms with van der Waals surface area (Å²) in [5, 5.41) is 2.61. The molecule has 1 aliphatic rings. The van der Waals surface area contributed by atoms with Gasteiger partial charge in [0.25, 0.3) is 11.8 Å². The van der Waals surface area contributed by atoms with E-state index in [4.69, 9.17) is 23.2 Å². The van der Waals surface area contributed by atoms with Gasteiger partial charge >= 0.3 is 0 Å². The van der Waals surface area contributed by atoms with Crippen LogP contribution in [0.1, 0.15) is 29.6 Å². The summed E-state index contributed by atoms with van der Waals surface area (Å²) in [6, 6.07) is 5.22. The zero-order chi connectivity index (χ0) is 17.0. The minimum Gasteiger partial charge on any atom is -0.377 e. The third-order valence-electron chi connectivity index (χ3n) is 3.82. The molecule has 1 aliphatic heterocycles. The van der Waals surface area contributed by atoms with Crippen molar-refractivity contribution in [2.24, 2.45) is 0 Å². The number of amides is 2. The molecule has 1 saturated heterocycles. The number of hydrogen-bond acceptors (Lipinski definition) is 3.